The van der Waals surface area contributed by atoms with Gasteiger partial charge in [0.15, 0.2) is 11.5 Å². The Morgan fingerprint density at radius 3 is 2.20 bits per heavy atom. The van der Waals surface area contributed by atoms with E-state index in [0.717, 1.165) is 12.1 Å². The molecule has 0 saturated heterocycles. The van der Waals surface area contributed by atoms with E-state index in [0.29, 0.717) is 30.4 Å². The predicted molar refractivity (Wildman–Crippen MR) is 75.7 cm³/mol. The highest BCUT2D eigenvalue weighted by molar-refractivity contribution is 5.53. The van der Waals surface area contributed by atoms with E-state index in [-0.39, 0.29) is 13.2 Å². The minimum atomic E-state index is -0.0629. The standard InChI is InChI=1S/C14H23NO5/c1-17-6-4-15-10-11-8-12(18-2)14(20-7-5-16)13(9-11)19-3/h8-9,15-16H,4-7,10H2,1-3H3. The summed E-state index contributed by atoms with van der Waals surface area (Å²) in [5.41, 5.74) is 1.02. The van der Waals surface area contributed by atoms with Gasteiger partial charge in [-0.15, -0.1) is 0 Å². The lowest BCUT2D eigenvalue weighted by Gasteiger charge is -2.16. The zero-order valence-corrected chi connectivity index (χ0v) is 12.3. The first kappa shape index (κ1) is 16.6. The molecular formula is C14H23NO5. The van der Waals surface area contributed by atoms with Crippen LogP contribution in [-0.2, 0) is 11.3 Å². The molecule has 0 aromatic heterocycles. The predicted octanol–water partition coefficient (Wildman–Crippen LogP) is 0.811. The summed E-state index contributed by atoms with van der Waals surface area (Å²) in [5, 5.41) is 12.1. The molecule has 0 radical (unpaired) electrons. The van der Waals surface area contributed by atoms with E-state index in [2.05, 4.69) is 5.32 Å². The zero-order chi connectivity index (χ0) is 14.8. The molecule has 0 fully saturated rings. The topological polar surface area (TPSA) is 69.2 Å². The maximum Gasteiger partial charge on any atom is 0.203 e. The van der Waals surface area contributed by atoms with Crippen molar-refractivity contribution < 1.29 is 24.1 Å². The van der Waals surface area contributed by atoms with Crippen LogP contribution in [-0.4, -0.2) is 52.8 Å². The van der Waals surface area contributed by atoms with Gasteiger partial charge < -0.3 is 29.4 Å². The second kappa shape index (κ2) is 9.41. The van der Waals surface area contributed by atoms with Crippen LogP contribution in [0.5, 0.6) is 17.2 Å². The molecule has 6 heteroatoms. The Hall–Kier alpha value is -1.50. The summed E-state index contributed by atoms with van der Waals surface area (Å²) in [7, 11) is 4.81. The molecule has 0 amide bonds. The van der Waals surface area contributed by atoms with Gasteiger partial charge >= 0.3 is 0 Å². The molecule has 0 aliphatic carbocycles. The second-order valence-electron chi connectivity index (χ2n) is 4.07. The molecule has 0 bridgehead atoms. The van der Waals surface area contributed by atoms with Crippen molar-refractivity contribution in [3.63, 3.8) is 0 Å². The molecule has 2 N–H and O–H groups in total. The smallest absolute Gasteiger partial charge is 0.203 e. The molecule has 0 aliphatic rings. The van der Waals surface area contributed by atoms with Crippen LogP contribution in [0.1, 0.15) is 5.56 Å². The number of ether oxygens (including phenoxy) is 4. The third kappa shape index (κ3) is 4.88. The minimum Gasteiger partial charge on any atom is -0.493 e. The number of aliphatic hydroxyl groups is 1. The Labute approximate surface area is 119 Å². The number of hydrogen-bond donors (Lipinski definition) is 2. The van der Waals surface area contributed by atoms with Crippen molar-refractivity contribution in [2.24, 2.45) is 0 Å². The van der Waals surface area contributed by atoms with Crippen molar-refractivity contribution in [1.82, 2.24) is 5.32 Å². The molecular weight excluding hydrogens is 262 g/mol. The van der Waals surface area contributed by atoms with Crippen molar-refractivity contribution in [2.45, 2.75) is 6.54 Å². The van der Waals surface area contributed by atoms with Crippen LogP contribution in [0.4, 0.5) is 0 Å². The van der Waals surface area contributed by atoms with Gasteiger partial charge in [-0.05, 0) is 17.7 Å². The highest BCUT2D eigenvalue weighted by Gasteiger charge is 2.13. The largest absolute Gasteiger partial charge is 0.493 e. The Bertz CT molecular complexity index is 372. The van der Waals surface area contributed by atoms with Gasteiger partial charge in [-0.25, -0.2) is 0 Å². The van der Waals surface area contributed by atoms with Gasteiger partial charge in [0, 0.05) is 20.2 Å². The first-order valence-corrected chi connectivity index (χ1v) is 6.45. The van der Waals surface area contributed by atoms with Crippen molar-refractivity contribution >= 4 is 0 Å². The first-order chi connectivity index (χ1) is 9.76. The lowest BCUT2D eigenvalue weighted by Crippen LogP contribution is -2.18. The monoisotopic (exact) mass is 285 g/mol. The summed E-state index contributed by atoms with van der Waals surface area (Å²) < 4.78 is 21.1. The lowest BCUT2D eigenvalue weighted by molar-refractivity contribution is 0.191. The maximum atomic E-state index is 8.85. The molecule has 0 unspecified atom stereocenters. The molecule has 0 heterocycles. The number of aliphatic hydroxyl groups excluding tert-OH is 1. The van der Waals surface area contributed by atoms with Crippen molar-refractivity contribution in [2.75, 3.05) is 47.7 Å². The van der Waals surface area contributed by atoms with Crippen molar-refractivity contribution in [3.05, 3.63) is 17.7 Å². The van der Waals surface area contributed by atoms with E-state index >= 15 is 0 Å². The molecule has 0 spiro atoms. The highest BCUT2D eigenvalue weighted by atomic mass is 16.5. The Balaban J connectivity index is 2.82. The SMILES string of the molecule is COCCNCc1cc(OC)c(OCCO)c(OC)c1. The fourth-order valence-corrected chi connectivity index (χ4v) is 1.73. The van der Waals surface area contributed by atoms with Crippen LogP contribution < -0.4 is 19.5 Å². The lowest BCUT2D eigenvalue weighted by atomic mass is 10.1. The summed E-state index contributed by atoms with van der Waals surface area (Å²) in [6.07, 6.45) is 0. The fraction of sp³-hybridized carbons (Fsp3) is 0.571. The highest BCUT2D eigenvalue weighted by Crippen LogP contribution is 2.38. The molecule has 0 aliphatic heterocycles. The summed E-state index contributed by atoms with van der Waals surface area (Å²) in [5.74, 6) is 1.67. The third-order valence-corrected chi connectivity index (χ3v) is 2.67. The van der Waals surface area contributed by atoms with Crippen LogP contribution in [0.3, 0.4) is 0 Å². The first-order valence-electron chi connectivity index (χ1n) is 6.45. The summed E-state index contributed by atoms with van der Waals surface area (Å²) >= 11 is 0. The summed E-state index contributed by atoms with van der Waals surface area (Å²) in [4.78, 5) is 0. The fourth-order valence-electron chi connectivity index (χ4n) is 1.73. The molecule has 0 atom stereocenters. The Kier molecular flexibility index (Phi) is 7.79. The number of benzene rings is 1. The van der Waals surface area contributed by atoms with E-state index in [1.54, 1.807) is 21.3 Å². The Morgan fingerprint density at radius 2 is 1.70 bits per heavy atom. The molecule has 1 aromatic rings. The van der Waals surface area contributed by atoms with Gasteiger partial charge in [0.2, 0.25) is 5.75 Å². The Morgan fingerprint density at radius 1 is 1.05 bits per heavy atom. The van der Waals surface area contributed by atoms with E-state index in [1.165, 1.54) is 0 Å². The van der Waals surface area contributed by atoms with Crippen LogP contribution in [0.15, 0.2) is 12.1 Å². The van der Waals surface area contributed by atoms with Crippen molar-refractivity contribution in [1.29, 1.82) is 0 Å². The molecule has 0 saturated carbocycles. The van der Waals surface area contributed by atoms with Gasteiger partial charge in [0.25, 0.3) is 0 Å². The number of rotatable bonds is 10. The minimum absolute atomic E-state index is 0.0629. The molecule has 1 aromatic carbocycles. The van der Waals surface area contributed by atoms with E-state index in [1.807, 2.05) is 12.1 Å². The number of hydrogen-bond acceptors (Lipinski definition) is 6. The molecule has 114 valence electrons. The summed E-state index contributed by atoms with van der Waals surface area (Å²) in [6.45, 7) is 2.23. The second-order valence-corrected chi connectivity index (χ2v) is 4.07. The number of methoxy groups -OCH3 is 3. The van der Waals surface area contributed by atoms with E-state index in [9.17, 15) is 0 Å². The normalized spacial score (nSPS) is 10.4. The van der Waals surface area contributed by atoms with Crippen molar-refractivity contribution in [3.8, 4) is 17.2 Å². The average Bonchev–Trinajstić information content (AvgIpc) is 2.49. The maximum absolute atomic E-state index is 8.85. The number of nitrogens with one attached hydrogen (secondary N) is 1. The van der Waals surface area contributed by atoms with Gasteiger partial charge in [0.1, 0.15) is 6.61 Å². The van der Waals surface area contributed by atoms with Gasteiger partial charge in [0.05, 0.1) is 27.4 Å². The molecule has 20 heavy (non-hydrogen) atoms. The summed E-state index contributed by atoms with van der Waals surface area (Å²) in [6, 6.07) is 3.77. The third-order valence-electron chi connectivity index (χ3n) is 2.67. The zero-order valence-electron chi connectivity index (χ0n) is 12.3. The van der Waals surface area contributed by atoms with Crippen LogP contribution in [0.25, 0.3) is 0 Å². The molecule has 1 rings (SSSR count). The van der Waals surface area contributed by atoms with E-state index < -0.39 is 0 Å². The molecule has 6 nitrogen and oxygen atoms in total. The van der Waals surface area contributed by atoms with Gasteiger partial charge in [-0.1, -0.05) is 0 Å². The van der Waals surface area contributed by atoms with Crippen LogP contribution in [0, 0.1) is 0 Å². The average molecular weight is 285 g/mol. The van der Waals surface area contributed by atoms with Gasteiger partial charge in [-0.3, -0.25) is 0 Å². The quantitative estimate of drug-likeness (QED) is 0.620. The van der Waals surface area contributed by atoms with E-state index in [4.69, 9.17) is 24.1 Å². The van der Waals surface area contributed by atoms with Gasteiger partial charge in [-0.2, -0.15) is 0 Å². The van der Waals surface area contributed by atoms with Crippen LogP contribution in [0.2, 0.25) is 0 Å². The van der Waals surface area contributed by atoms with Crippen LogP contribution >= 0.6 is 0 Å².